The number of piperidine rings is 1. The Morgan fingerprint density at radius 3 is 2.50 bits per heavy atom. The summed E-state index contributed by atoms with van der Waals surface area (Å²) < 4.78 is 42.9. The maximum absolute atomic E-state index is 12.6. The van der Waals surface area contributed by atoms with Crippen LogP contribution in [-0.4, -0.2) is 19.8 Å². The maximum Gasteiger partial charge on any atom is 0.393 e. The van der Waals surface area contributed by atoms with Crippen LogP contribution in [0.1, 0.15) is 24.4 Å². The molecule has 2 atom stereocenters. The van der Waals surface area contributed by atoms with Crippen LogP contribution in [0.2, 0.25) is 0 Å². The lowest BCUT2D eigenvalue weighted by molar-refractivity contribution is -0.179. The first-order chi connectivity index (χ1) is 8.52. The van der Waals surface area contributed by atoms with Gasteiger partial charge in [0.25, 0.3) is 0 Å². The number of methoxy groups -OCH3 is 1. The Hall–Kier alpha value is -1.23. The van der Waals surface area contributed by atoms with Crippen LogP contribution in [0.3, 0.4) is 0 Å². The normalized spacial score (nSPS) is 24.9. The highest BCUT2D eigenvalue weighted by molar-refractivity contribution is 5.36. The highest BCUT2D eigenvalue weighted by Gasteiger charge is 2.41. The van der Waals surface area contributed by atoms with Gasteiger partial charge in [-0.15, -0.1) is 0 Å². The van der Waals surface area contributed by atoms with Crippen molar-refractivity contribution < 1.29 is 17.9 Å². The lowest BCUT2D eigenvalue weighted by atomic mass is 9.90. The molecular weight excluding hydrogens is 243 g/mol. The number of alkyl halides is 3. The van der Waals surface area contributed by atoms with Gasteiger partial charge in [-0.2, -0.15) is 13.2 Å². The van der Waals surface area contributed by atoms with Crippen LogP contribution in [0.5, 0.6) is 5.75 Å². The van der Waals surface area contributed by atoms with Gasteiger partial charge in [0.2, 0.25) is 0 Å². The number of halogens is 3. The molecule has 1 aromatic carbocycles. The fraction of sp³-hybridized carbons (Fsp3) is 0.538. The van der Waals surface area contributed by atoms with Crippen molar-refractivity contribution in [3.8, 4) is 5.75 Å². The van der Waals surface area contributed by atoms with Crippen molar-refractivity contribution in [2.24, 2.45) is 5.92 Å². The van der Waals surface area contributed by atoms with Gasteiger partial charge in [0.1, 0.15) is 5.75 Å². The predicted molar refractivity (Wildman–Crippen MR) is 62.5 cm³/mol. The second kappa shape index (κ2) is 5.18. The Morgan fingerprint density at radius 1 is 1.22 bits per heavy atom. The molecule has 5 heteroatoms. The summed E-state index contributed by atoms with van der Waals surface area (Å²) in [6.07, 6.45) is -3.46. The number of benzene rings is 1. The maximum atomic E-state index is 12.6. The van der Waals surface area contributed by atoms with E-state index in [1.165, 1.54) is 0 Å². The van der Waals surface area contributed by atoms with Crippen molar-refractivity contribution in [2.75, 3.05) is 13.7 Å². The molecule has 0 aromatic heterocycles. The van der Waals surface area contributed by atoms with Gasteiger partial charge in [-0.05, 0) is 18.9 Å². The fourth-order valence-corrected chi connectivity index (χ4v) is 2.36. The highest BCUT2D eigenvalue weighted by atomic mass is 19.4. The molecule has 0 saturated carbocycles. The van der Waals surface area contributed by atoms with Crippen molar-refractivity contribution in [3.05, 3.63) is 29.8 Å². The minimum atomic E-state index is -4.10. The summed E-state index contributed by atoms with van der Waals surface area (Å²) in [6, 6.07) is 7.39. The van der Waals surface area contributed by atoms with E-state index in [1.54, 1.807) is 7.11 Å². The third-order valence-electron chi connectivity index (χ3n) is 3.39. The van der Waals surface area contributed by atoms with E-state index in [0.717, 1.165) is 11.3 Å². The molecular formula is C13H16F3NO. The SMILES string of the molecule is COc1ccccc1C1CCC(C(F)(F)F)CN1. The zero-order chi connectivity index (χ0) is 13.2. The van der Waals surface area contributed by atoms with Crippen molar-refractivity contribution in [2.45, 2.75) is 25.1 Å². The lowest BCUT2D eigenvalue weighted by Crippen LogP contribution is -2.40. The molecule has 1 heterocycles. The first kappa shape index (κ1) is 13.2. The fourth-order valence-electron chi connectivity index (χ4n) is 2.36. The Labute approximate surface area is 104 Å². The second-order valence-electron chi connectivity index (χ2n) is 4.52. The van der Waals surface area contributed by atoms with Gasteiger partial charge in [-0.25, -0.2) is 0 Å². The molecule has 0 bridgehead atoms. The average molecular weight is 259 g/mol. The van der Waals surface area contributed by atoms with E-state index in [2.05, 4.69) is 5.32 Å². The zero-order valence-corrected chi connectivity index (χ0v) is 10.1. The molecule has 2 nitrogen and oxygen atoms in total. The molecule has 1 aromatic rings. The minimum absolute atomic E-state index is 0.0216. The summed E-state index contributed by atoms with van der Waals surface area (Å²) >= 11 is 0. The number of para-hydroxylation sites is 1. The molecule has 100 valence electrons. The molecule has 0 amide bonds. The molecule has 18 heavy (non-hydrogen) atoms. The first-order valence-electron chi connectivity index (χ1n) is 5.95. The van der Waals surface area contributed by atoms with E-state index in [9.17, 15) is 13.2 Å². The van der Waals surface area contributed by atoms with Gasteiger partial charge >= 0.3 is 6.18 Å². The Kier molecular flexibility index (Phi) is 3.80. The van der Waals surface area contributed by atoms with Crippen LogP contribution in [-0.2, 0) is 0 Å². The summed E-state index contributed by atoms with van der Waals surface area (Å²) in [5.74, 6) is -0.510. The molecule has 1 fully saturated rings. The van der Waals surface area contributed by atoms with E-state index in [1.807, 2.05) is 24.3 Å². The lowest BCUT2D eigenvalue weighted by Gasteiger charge is -2.31. The van der Waals surface area contributed by atoms with E-state index in [0.29, 0.717) is 6.42 Å². The van der Waals surface area contributed by atoms with Gasteiger partial charge in [0.15, 0.2) is 0 Å². The molecule has 0 radical (unpaired) electrons. The highest BCUT2D eigenvalue weighted by Crippen LogP contribution is 2.37. The van der Waals surface area contributed by atoms with Crippen molar-refractivity contribution in [1.29, 1.82) is 0 Å². The van der Waals surface area contributed by atoms with Gasteiger partial charge in [-0.3, -0.25) is 0 Å². The Bertz CT molecular complexity index is 397. The largest absolute Gasteiger partial charge is 0.496 e. The van der Waals surface area contributed by atoms with Crippen LogP contribution < -0.4 is 10.1 Å². The third kappa shape index (κ3) is 2.77. The molecule has 0 aliphatic carbocycles. The molecule has 2 rings (SSSR count). The monoisotopic (exact) mass is 259 g/mol. The van der Waals surface area contributed by atoms with E-state index in [-0.39, 0.29) is 19.0 Å². The first-order valence-corrected chi connectivity index (χ1v) is 5.95. The minimum Gasteiger partial charge on any atom is -0.496 e. The quantitative estimate of drug-likeness (QED) is 0.880. The third-order valence-corrected chi connectivity index (χ3v) is 3.39. The molecule has 1 N–H and O–H groups in total. The van der Waals surface area contributed by atoms with E-state index in [4.69, 9.17) is 4.74 Å². The van der Waals surface area contributed by atoms with Crippen molar-refractivity contribution in [3.63, 3.8) is 0 Å². The van der Waals surface area contributed by atoms with Crippen molar-refractivity contribution in [1.82, 2.24) is 5.32 Å². The van der Waals surface area contributed by atoms with Gasteiger partial charge in [-0.1, -0.05) is 18.2 Å². The van der Waals surface area contributed by atoms with Crippen molar-refractivity contribution >= 4 is 0 Å². The van der Waals surface area contributed by atoms with Crippen LogP contribution >= 0.6 is 0 Å². The number of hydrogen-bond donors (Lipinski definition) is 1. The van der Waals surface area contributed by atoms with E-state index < -0.39 is 12.1 Å². The standard InChI is InChI=1S/C13H16F3NO/c1-18-12-5-3-2-4-10(12)11-7-6-9(8-17-11)13(14,15)16/h2-5,9,11,17H,6-8H2,1H3. The number of ether oxygens (including phenoxy) is 1. The van der Waals surface area contributed by atoms with E-state index >= 15 is 0 Å². The predicted octanol–water partition coefficient (Wildman–Crippen LogP) is 3.30. The molecule has 0 spiro atoms. The number of nitrogens with one attached hydrogen (secondary N) is 1. The topological polar surface area (TPSA) is 21.3 Å². The summed E-state index contributed by atoms with van der Waals surface area (Å²) in [7, 11) is 1.57. The summed E-state index contributed by atoms with van der Waals surface area (Å²) in [5.41, 5.74) is 0.931. The number of hydrogen-bond acceptors (Lipinski definition) is 2. The Balaban J connectivity index is 2.06. The summed E-state index contributed by atoms with van der Waals surface area (Å²) in [5, 5.41) is 2.97. The second-order valence-corrected chi connectivity index (χ2v) is 4.52. The van der Waals surface area contributed by atoms with Gasteiger partial charge < -0.3 is 10.1 Å². The average Bonchev–Trinajstić information content (AvgIpc) is 2.38. The van der Waals surface area contributed by atoms with Gasteiger partial charge in [0, 0.05) is 18.2 Å². The van der Waals surface area contributed by atoms with Crippen LogP contribution in [0, 0.1) is 5.92 Å². The molecule has 1 saturated heterocycles. The molecule has 1 aliphatic heterocycles. The summed E-state index contributed by atoms with van der Waals surface area (Å²) in [4.78, 5) is 0. The molecule has 2 unspecified atom stereocenters. The zero-order valence-electron chi connectivity index (χ0n) is 10.1. The van der Waals surface area contributed by atoms with Crippen LogP contribution in [0.25, 0.3) is 0 Å². The number of rotatable bonds is 2. The smallest absolute Gasteiger partial charge is 0.393 e. The van der Waals surface area contributed by atoms with Gasteiger partial charge in [0.05, 0.1) is 13.0 Å². The summed E-state index contributed by atoms with van der Waals surface area (Å²) in [6.45, 7) is -0.0216. The molecule has 1 aliphatic rings. The van der Waals surface area contributed by atoms with Crippen LogP contribution in [0.4, 0.5) is 13.2 Å². The van der Waals surface area contributed by atoms with Crippen LogP contribution in [0.15, 0.2) is 24.3 Å². The Morgan fingerprint density at radius 2 is 1.94 bits per heavy atom.